The van der Waals surface area contributed by atoms with Gasteiger partial charge in [0.2, 0.25) is 5.91 Å². The number of aryl methyl sites for hydroxylation is 2. The molecular weight excluding hydrogens is 384 g/mol. The summed E-state index contributed by atoms with van der Waals surface area (Å²) in [7, 11) is 0. The van der Waals surface area contributed by atoms with E-state index >= 15 is 0 Å². The van der Waals surface area contributed by atoms with Gasteiger partial charge < -0.3 is 9.42 Å². The van der Waals surface area contributed by atoms with Gasteiger partial charge in [0.25, 0.3) is 11.8 Å². The number of amides is 3. The lowest BCUT2D eigenvalue weighted by Crippen LogP contribution is -2.50. The fraction of sp³-hybridized carbons (Fsp3) is 0.455. The molecule has 8 nitrogen and oxygen atoms in total. The first-order chi connectivity index (χ1) is 14.4. The van der Waals surface area contributed by atoms with Gasteiger partial charge >= 0.3 is 0 Å². The number of hydrogen-bond acceptors (Lipinski definition) is 6. The lowest BCUT2D eigenvalue weighted by molar-refractivity contribution is -0.134. The number of imide groups is 1. The maximum atomic E-state index is 13.1. The van der Waals surface area contributed by atoms with E-state index in [0.717, 1.165) is 41.4 Å². The van der Waals surface area contributed by atoms with E-state index in [2.05, 4.69) is 10.1 Å². The summed E-state index contributed by atoms with van der Waals surface area (Å²) in [5.41, 5.74) is 2.71. The summed E-state index contributed by atoms with van der Waals surface area (Å²) < 4.78 is 5.25. The molecule has 3 amide bonds. The van der Waals surface area contributed by atoms with Crippen LogP contribution in [0, 0.1) is 13.8 Å². The van der Waals surface area contributed by atoms with E-state index < -0.39 is 17.9 Å². The molecule has 0 spiro atoms. The average molecular weight is 410 g/mol. The van der Waals surface area contributed by atoms with Crippen molar-refractivity contribution in [3.8, 4) is 0 Å². The Morgan fingerprint density at radius 1 is 1.07 bits per heavy atom. The Hall–Kier alpha value is -3.00. The molecule has 0 N–H and O–H groups in total. The first kappa shape index (κ1) is 20.3. The van der Waals surface area contributed by atoms with Gasteiger partial charge in [-0.05, 0) is 39.3 Å². The smallest absolute Gasteiger partial charge is 0.262 e. The van der Waals surface area contributed by atoms with Crippen molar-refractivity contribution in [1.29, 1.82) is 0 Å². The maximum absolute atomic E-state index is 13.1. The van der Waals surface area contributed by atoms with Crippen LogP contribution in [0.15, 0.2) is 28.8 Å². The van der Waals surface area contributed by atoms with E-state index in [4.69, 9.17) is 4.52 Å². The van der Waals surface area contributed by atoms with Crippen molar-refractivity contribution < 1.29 is 18.9 Å². The van der Waals surface area contributed by atoms with E-state index in [0.29, 0.717) is 30.8 Å². The molecule has 4 rings (SSSR count). The van der Waals surface area contributed by atoms with E-state index in [-0.39, 0.29) is 5.91 Å². The molecule has 3 heterocycles. The summed E-state index contributed by atoms with van der Waals surface area (Å²) in [6, 6.07) is 5.88. The molecular formula is C22H26N4O4. The van der Waals surface area contributed by atoms with Gasteiger partial charge in [-0.2, -0.15) is 0 Å². The second-order valence-corrected chi connectivity index (χ2v) is 7.96. The van der Waals surface area contributed by atoms with Crippen molar-refractivity contribution in [2.45, 2.75) is 39.8 Å². The Bertz CT molecular complexity index is 944. The second kappa shape index (κ2) is 8.02. The highest BCUT2D eigenvalue weighted by Gasteiger charge is 2.41. The van der Waals surface area contributed by atoms with Gasteiger partial charge in [0.1, 0.15) is 11.8 Å². The quantitative estimate of drug-likeness (QED) is 0.717. The molecule has 1 saturated heterocycles. The van der Waals surface area contributed by atoms with E-state index in [9.17, 15) is 14.4 Å². The molecule has 1 aromatic carbocycles. The van der Waals surface area contributed by atoms with Crippen LogP contribution in [-0.2, 0) is 11.3 Å². The zero-order valence-electron chi connectivity index (χ0n) is 17.6. The van der Waals surface area contributed by atoms with Gasteiger partial charge in [-0.3, -0.25) is 24.2 Å². The monoisotopic (exact) mass is 410 g/mol. The van der Waals surface area contributed by atoms with Crippen LogP contribution < -0.4 is 0 Å². The normalized spacial score (nSPS) is 18.5. The number of aromatic nitrogens is 1. The number of rotatable bonds is 4. The molecule has 1 aromatic heterocycles. The fourth-order valence-corrected chi connectivity index (χ4v) is 4.23. The van der Waals surface area contributed by atoms with Crippen molar-refractivity contribution in [3.63, 3.8) is 0 Å². The minimum atomic E-state index is -0.827. The first-order valence-corrected chi connectivity index (χ1v) is 10.3. The SMILES string of the molecule is Cc1noc(C)c1CN1CCCN(C(=O)C(C)N2C(=O)c3ccccc3C2=O)CC1. The van der Waals surface area contributed by atoms with Gasteiger partial charge in [0, 0.05) is 38.3 Å². The third-order valence-corrected chi connectivity index (χ3v) is 6.03. The van der Waals surface area contributed by atoms with Crippen molar-refractivity contribution in [1.82, 2.24) is 19.9 Å². The third-order valence-electron chi connectivity index (χ3n) is 6.03. The molecule has 8 heteroatoms. The van der Waals surface area contributed by atoms with Gasteiger partial charge in [-0.1, -0.05) is 17.3 Å². The molecule has 2 aliphatic heterocycles. The molecule has 30 heavy (non-hydrogen) atoms. The Kier molecular flexibility index (Phi) is 5.42. The van der Waals surface area contributed by atoms with Crippen LogP contribution >= 0.6 is 0 Å². The summed E-state index contributed by atoms with van der Waals surface area (Å²) in [5, 5.41) is 4.01. The summed E-state index contributed by atoms with van der Waals surface area (Å²) in [6.45, 7) is 8.93. The van der Waals surface area contributed by atoms with Gasteiger partial charge in [-0.25, -0.2) is 0 Å². The van der Waals surface area contributed by atoms with Gasteiger partial charge in [0.15, 0.2) is 0 Å². The zero-order chi connectivity index (χ0) is 21.4. The summed E-state index contributed by atoms with van der Waals surface area (Å²) in [6.07, 6.45) is 0.823. The number of nitrogens with zero attached hydrogens (tertiary/aromatic N) is 4. The molecule has 0 bridgehead atoms. The topological polar surface area (TPSA) is 87.0 Å². The lowest BCUT2D eigenvalue weighted by atomic mass is 10.1. The largest absolute Gasteiger partial charge is 0.361 e. The van der Waals surface area contributed by atoms with E-state index in [1.807, 2.05) is 13.8 Å². The third kappa shape index (κ3) is 3.52. The second-order valence-electron chi connectivity index (χ2n) is 7.96. The Morgan fingerprint density at radius 3 is 2.33 bits per heavy atom. The predicted molar refractivity (Wildman–Crippen MR) is 109 cm³/mol. The highest BCUT2D eigenvalue weighted by atomic mass is 16.5. The lowest BCUT2D eigenvalue weighted by Gasteiger charge is -2.28. The highest BCUT2D eigenvalue weighted by molar-refractivity contribution is 6.22. The van der Waals surface area contributed by atoms with Crippen LogP contribution in [0.5, 0.6) is 0 Å². The standard InChI is InChI=1S/C22H26N4O4/c1-14-19(16(3)30-23-14)13-24-9-6-10-25(12-11-24)20(27)15(2)26-21(28)17-7-4-5-8-18(17)22(26)29/h4-5,7-8,15H,6,9-13H2,1-3H3. The minimum Gasteiger partial charge on any atom is -0.361 e. The molecule has 2 aliphatic rings. The summed E-state index contributed by atoms with van der Waals surface area (Å²) >= 11 is 0. The highest BCUT2D eigenvalue weighted by Crippen LogP contribution is 2.25. The average Bonchev–Trinajstić information content (AvgIpc) is 3.07. The van der Waals surface area contributed by atoms with Gasteiger partial charge in [0.05, 0.1) is 16.8 Å². The van der Waals surface area contributed by atoms with Gasteiger partial charge in [-0.15, -0.1) is 0 Å². The van der Waals surface area contributed by atoms with Crippen molar-refractivity contribution in [3.05, 3.63) is 52.4 Å². The Labute approximate surface area is 175 Å². The summed E-state index contributed by atoms with van der Waals surface area (Å²) in [5.74, 6) is -0.162. The van der Waals surface area contributed by atoms with Crippen LogP contribution in [-0.4, -0.2) is 69.8 Å². The van der Waals surface area contributed by atoms with Crippen LogP contribution in [0.2, 0.25) is 0 Å². The number of benzene rings is 1. The predicted octanol–water partition coefficient (Wildman–Crippen LogP) is 2.01. The molecule has 0 aliphatic carbocycles. The zero-order valence-corrected chi connectivity index (χ0v) is 17.6. The molecule has 1 fully saturated rings. The molecule has 2 aromatic rings. The molecule has 158 valence electrons. The molecule has 1 unspecified atom stereocenters. The summed E-state index contributed by atoms with van der Waals surface area (Å²) in [4.78, 5) is 43.7. The van der Waals surface area contributed by atoms with Crippen LogP contribution in [0.3, 0.4) is 0 Å². The number of carbonyl (C=O) groups excluding carboxylic acids is 3. The van der Waals surface area contributed by atoms with E-state index in [1.54, 1.807) is 36.1 Å². The minimum absolute atomic E-state index is 0.191. The number of carbonyl (C=O) groups is 3. The van der Waals surface area contributed by atoms with Crippen molar-refractivity contribution in [2.24, 2.45) is 0 Å². The van der Waals surface area contributed by atoms with E-state index in [1.165, 1.54) is 0 Å². The maximum Gasteiger partial charge on any atom is 0.262 e. The van der Waals surface area contributed by atoms with Crippen LogP contribution in [0.25, 0.3) is 0 Å². The van der Waals surface area contributed by atoms with Crippen molar-refractivity contribution >= 4 is 17.7 Å². The number of hydrogen-bond donors (Lipinski definition) is 0. The number of fused-ring (bicyclic) bond motifs is 1. The van der Waals surface area contributed by atoms with Crippen molar-refractivity contribution in [2.75, 3.05) is 26.2 Å². The molecule has 1 atom stereocenters. The molecule has 0 saturated carbocycles. The Morgan fingerprint density at radius 2 is 1.73 bits per heavy atom. The van der Waals surface area contributed by atoms with Crippen LogP contribution in [0.4, 0.5) is 0 Å². The fourth-order valence-electron chi connectivity index (χ4n) is 4.23. The Balaban J connectivity index is 1.42. The van der Waals surface area contributed by atoms with Crippen LogP contribution in [0.1, 0.15) is 51.1 Å². The molecule has 0 radical (unpaired) electrons. The first-order valence-electron chi connectivity index (χ1n) is 10.3.